The predicted octanol–water partition coefficient (Wildman–Crippen LogP) is 2.61. The van der Waals surface area contributed by atoms with Crippen LogP contribution >= 0.6 is 0 Å². The first-order valence-corrected chi connectivity index (χ1v) is 9.52. The number of carbonyl (C=O) groups is 2. The van der Waals surface area contributed by atoms with Crippen LogP contribution in [0.2, 0.25) is 0 Å². The molecule has 0 aliphatic rings. The molecule has 0 amide bonds. The van der Waals surface area contributed by atoms with Crippen molar-refractivity contribution in [3.8, 4) is 0 Å². The molecule has 2 N–H and O–H groups in total. The van der Waals surface area contributed by atoms with Crippen LogP contribution in [0.5, 0.6) is 0 Å². The molecule has 1 aromatic rings. The van der Waals surface area contributed by atoms with Crippen molar-refractivity contribution in [3.05, 3.63) is 35.9 Å². The molecule has 6 nitrogen and oxygen atoms in total. The van der Waals surface area contributed by atoms with Gasteiger partial charge in [0.1, 0.15) is 11.0 Å². The minimum atomic E-state index is -5.11. The smallest absolute Gasteiger partial charge is 0.321 e. The Hall–Kier alpha value is -1.57. The van der Waals surface area contributed by atoms with Gasteiger partial charge >= 0.3 is 5.97 Å². The van der Waals surface area contributed by atoms with E-state index in [1.54, 1.807) is 39.0 Å². The Labute approximate surface area is 136 Å². The maximum absolute atomic E-state index is 12.8. The zero-order valence-electron chi connectivity index (χ0n) is 14.0. The summed E-state index contributed by atoms with van der Waals surface area (Å²) in [6.07, 6.45) is 0.706. The highest BCUT2D eigenvalue weighted by atomic mass is 32.3. The number of hydrogen-bond acceptors (Lipinski definition) is 4. The molecule has 7 heteroatoms. The molecule has 0 bridgehead atoms. The van der Waals surface area contributed by atoms with Crippen LogP contribution in [0.3, 0.4) is 0 Å². The van der Waals surface area contributed by atoms with E-state index in [2.05, 4.69) is 0 Å². The second-order valence-corrected chi connectivity index (χ2v) is 10.2. The molecule has 0 fully saturated rings. The molecule has 23 heavy (non-hydrogen) atoms. The summed E-state index contributed by atoms with van der Waals surface area (Å²) in [5, 5.41) is 0. The zero-order chi connectivity index (χ0) is 18.1. The fourth-order valence-electron chi connectivity index (χ4n) is 2.18. The van der Waals surface area contributed by atoms with Crippen molar-refractivity contribution in [2.75, 3.05) is 12.0 Å². The summed E-state index contributed by atoms with van der Waals surface area (Å²) < 4.78 is 36.6. The van der Waals surface area contributed by atoms with Crippen LogP contribution in [-0.2, 0) is 19.2 Å². The molecule has 0 aromatic heterocycles. The molecule has 1 rings (SSSR count). The highest BCUT2D eigenvalue weighted by molar-refractivity contribution is 8.09. The molecule has 0 heterocycles. The third-order valence-electron chi connectivity index (χ3n) is 3.01. The van der Waals surface area contributed by atoms with Crippen LogP contribution in [0.1, 0.15) is 38.1 Å². The van der Waals surface area contributed by atoms with Gasteiger partial charge in [-0.2, -0.15) is 0 Å². The summed E-state index contributed by atoms with van der Waals surface area (Å²) in [6.45, 7) is 6.08. The molecule has 0 radical (unpaired) electrons. The van der Waals surface area contributed by atoms with Crippen molar-refractivity contribution >= 4 is 21.4 Å². The van der Waals surface area contributed by atoms with E-state index in [9.17, 15) is 22.9 Å². The summed E-state index contributed by atoms with van der Waals surface area (Å²) in [6, 6.07) is 7.91. The Balaban J connectivity index is 3.35. The van der Waals surface area contributed by atoms with Gasteiger partial charge < -0.3 is 13.8 Å². The van der Waals surface area contributed by atoms with Gasteiger partial charge in [0.25, 0.3) is 0 Å². The van der Waals surface area contributed by atoms with Crippen molar-refractivity contribution in [3.63, 3.8) is 0 Å². The maximum atomic E-state index is 12.8. The van der Waals surface area contributed by atoms with Gasteiger partial charge in [-0.1, -0.05) is 30.3 Å². The first-order chi connectivity index (χ1) is 10.1. The largest absolute Gasteiger partial charge is 0.459 e. The molecular formula is C16H24O6S. The van der Waals surface area contributed by atoms with E-state index < -0.39 is 38.1 Å². The normalized spacial score (nSPS) is 16.7. The summed E-state index contributed by atoms with van der Waals surface area (Å²) in [5.74, 6) is -2.58. The van der Waals surface area contributed by atoms with Gasteiger partial charge in [-0.25, -0.2) is 4.21 Å². The molecule has 0 saturated heterocycles. The Morgan fingerprint density at radius 3 is 1.96 bits per heavy atom. The maximum Gasteiger partial charge on any atom is 0.321 e. The molecule has 0 aliphatic heterocycles. The second kappa shape index (κ2) is 5.81. The lowest BCUT2D eigenvalue weighted by molar-refractivity contribution is -0.162. The number of carbonyl (C=O) groups excluding carboxylic acids is 2. The van der Waals surface area contributed by atoms with Crippen molar-refractivity contribution in [1.82, 2.24) is 0 Å². The summed E-state index contributed by atoms with van der Waals surface area (Å²) in [5.41, 5.74) is -2.68. The first kappa shape index (κ1) is 19.5. The third kappa shape index (κ3) is 5.85. The van der Waals surface area contributed by atoms with Gasteiger partial charge in [-0.3, -0.25) is 9.59 Å². The lowest BCUT2D eigenvalue weighted by atomic mass is 9.84. The van der Waals surface area contributed by atoms with Gasteiger partial charge in [0.2, 0.25) is 0 Å². The summed E-state index contributed by atoms with van der Waals surface area (Å²) in [7, 11) is -5.11. The number of benzene rings is 1. The summed E-state index contributed by atoms with van der Waals surface area (Å²) in [4.78, 5) is 25.3. The van der Waals surface area contributed by atoms with E-state index in [4.69, 9.17) is 4.74 Å². The fraction of sp³-hybridized carbons (Fsp3) is 0.500. The Morgan fingerprint density at radius 2 is 1.57 bits per heavy atom. The highest BCUT2D eigenvalue weighted by Crippen LogP contribution is 2.33. The van der Waals surface area contributed by atoms with Crippen LogP contribution in [0.4, 0.5) is 0 Å². The van der Waals surface area contributed by atoms with Crippen molar-refractivity contribution < 1.29 is 27.6 Å². The van der Waals surface area contributed by atoms with Crippen LogP contribution < -0.4 is 0 Å². The topological polar surface area (TPSA) is 101 Å². The molecule has 1 aromatic carbocycles. The first-order valence-electron chi connectivity index (χ1n) is 7.06. The van der Waals surface area contributed by atoms with Gasteiger partial charge in [0.15, 0.2) is 5.78 Å². The average molecular weight is 344 g/mol. The van der Waals surface area contributed by atoms with E-state index in [-0.39, 0.29) is 5.56 Å². The lowest BCUT2D eigenvalue weighted by Gasteiger charge is -2.36. The van der Waals surface area contributed by atoms with Crippen LogP contribution in [0, 0.1) is 5.41 Å². The van der Waals surface area contributed by atoms with E-state index in [0.29, 0.717) is 6.26 Å². The number of esters is 1. The molecule has 0 saturated carbocycles. The van der Waals surface area contributed by atoms with E-state index in [1.165, 1.54) is 19.1 Å². The van der Waals surface area contributed by atoms with Gasteiger partial charge in [-0.05, 0) is 27.7 Å². The van der Waals surface area contributed by atoms with Crippen LogP contribution in [0.15, 0.2) is 30.3 Å². The van der Waals surface area contributed by atoms with Gasteiger partial charge in [0.05, 0.1) is 15.4 Å². The molecular weight excluding hydrogens is 320 g/mol. The highest BCUT2D eigenvalue weighted by Gasteiger charge is 2.50. The monoisotopic (exact) mass is 344 g/mol. The number of rotatable bonds is 5. The quantitative estimate of drug-likeness (QED) is 0.484. The van der Waals surface area contributed by atoms with Crippen molar-refractivity contribution in [2.24, 2.45) is 5.41 Å². The van der Waals surface area contributed by atoms with E-state index in [1.807, 2.05) is 0 Å². The number of ether oxygens (including phenoxy) is 1. The van der Waals surface area contributed by atoms with Crippen LogP contribution in [-0.4, -0.2) is 42.7 Å². The van der Waals surface area contributed by atoms with Gasteiger partial charge in [-0.15, -0.1) is 0 Å². The van der Waals surface area contributed by atoms with E-state index in [0.717, 1.165) is 0 Å². The Morgan fingerprint density at radius 1 is 1.09 bits per heavy atom. The van der Waals surface area contributed by atoms with Crippen molar-refractivity contribution in [1.29, 1.82) is 0 Å². The Bertz CT molecular complexity index is 657. The molecule has 130 valence electrons. The standard InChI is InChI=1S/C16H24O6S/c1-15(2,3)22-14(18)16(4,11-23(5,19,20)21)13(17)12-9-7-6-8-10-12/h6-10H,11H2,1-5H3,(H2,19,20,21). The predicted molar refractivity (Wildman–Crippen MR) is 88.9 cm³/mol. The van der Waals surface area contributed by atoms with E-state index >= 15 is 0 Å². The zero-order valence-corrected chi connectivity index (χ0v) is 14.8. The lowest BCUT2D eigenvalue weighted by Crippen LogP contribution is -2.51. The third-order valence-corrected chi connectivity index (χ3v) is 4.25. The number of hydrogen-bond donors (Lipinski definition) is 2. The fourth-order valence-corrected chi connectivity index (χ4v) is 3.76. The SMILES string of the molecule is CC(C)(C)OC(=O)C(C)(CS(C)(=O)(O)O)C(=O)c1ccccc1. The molecule has 1 atom stereocenters. The van der Waals surface area contributed by atoms with Gasteiger partial charge in [0, 0.05) is 11.8 Å². The second-order valence-electron chi connectivity index (χ2n) is 7.10. The number of ketones is 1. The summed E-state index contributed by atoms with van der Waals surface area (Å²) >= 11 is 0. The molecule has 0 spiro atoms. The minimum absolute atomic E-state index is 0.192. The van der Waals surface area contributed by atoms with Crippen molar-refractivity contribution in [2.45, 2.75) is 33.3 Å². The minimum Gasteiger partial charge on any atom is -0.459 e. The molecule has 0 aliphatic carbocycles. The van der Waals surface area contributed by atoms with Crippen LogP contribution in [0.25, 0.3) is 0 Å². The Kier molecular flexibility index (Phi) is 4.92. The molecule has 1 unspecified atom stereocenters. The average Bonchev–Trinajstić information content (AvgIpc) is 2.33. The number of Topliss-reactive ketones (excluding diaryl/α,β-unsaturated/α-hetero) is 1.